The van der Waals surface area contributed by atoms with E-state index in [4.69, 9.17) is 0 Å². The lowest BCUT2D eigenvalue weighted by Gasteiger charge is -2.19. The van der Waals surface area contributed by atoms with Crippen molar-refractivity contribution in [1.82, 2.24) is 0 Å². The molecule has 0 unspecified atom stereocenters. The Hall–Kier alpha value is -8.05. The van der Waals surface area contributed by atoms with Gasteiger partial charge in [0.15, 0.2) is 0 Å². The standard InChI is InChI=1S/C59H33N/c60-34-35-21-23-36(24-22-35)39-25-26-41-32-42(28-27-40(41)31-39)43-29-30-50-55-46(43)17-9-20-49(55)59-54(38-13-5-2-6-14-38)57-48-19-10-18-47-44-15-7-8-16-45(44)51(56(47)48)33-52(57)53(58(50)59)37-11-3-1-4-12-37/h1-33H. The first-order chi connectivity index (χ1) is 29.7. The molecule has 0 radical (unpaired) electrons. The van der Waals surface area contributed by atoms with Crippen molar-refractivity contribution in [1.29, 1.82) is 5.26 Å². The van der Waals surface area contributed by atoms with Crippen molar-refractivity contribution >= 4 is 86.2 Å². The third-order valence-electron chi connectivity index (χ3n) is 13.1. The first-order valence-electron chi connectivity index (χ1n) is 20.6. The molecule has 0 N–H and O–H groups in total. The molecule has 0 saturated carbocycles. The van der Waals surface area contributed by atoms with Gasteiger partial charge in [-0.05, 0) is 161 Å². The Morgan fingerprint density at radius 2 is 0.783 bits per heavy atom. The average molecular weight is 756 g/mol. The van der Waals surface area contributed by atoms with Crippen molar-refractivity contribution in [3.63, 3.8) is 0 Å². The lowest BCUT2D eigenvalue weighted by molar-refractivity contribution is 1.48. The molecule has 0 aliphatic heterocycles. The normalized spacial score (nSPS) is 12.0. The van der Waals surface area contributed by atoms with Crippen LogP contribution in [0.15, 0.2) is 200 Å². The predicted octanol–water partition coefficient (Wildman–Crippen LogP) is 16.3. The number of hydrogen-bond donors (Lipinski definition) is 0. The minimum Gasteiger partial charge on any atom is -0.192 e. The highest BCUT2D eigenvalue weighted by Gasteiger charge is 2.27. The fourth-order valence-corrected chi connectivity index (χ4v) is 10.6. The van der Waals surface area contributed by atoms with E-state index in [1.54, 1.807) is 0 Å². The van der Waals surface area contributed by atoms with Gasteiger partial charge in [0.05, 0.1) is 11.6 Å². The molecule has 0 atom stereocenters. The Morgan fingerprint density at radius 3 is 1.50 bits per heavy atom. The van der Waals surface area contributed by atoms with Crippen LogP contribution in [0.25, 0.3) is 131 Å². The first kappa shape index (κ1) is 33.0. The van der Waals surface area contributed by atoms with E-state index in [1.165, 1.54) is 120 Å². The van der Waals surface area contributed by atoms with Crippen molar-refractivity contribution in [3.05, 3.63) is 206 Å². The van der Waals surface area contributed by atoms with Crippen LogP contribution in [-0.2, 0) is 0 Å². The number of benzene rings is 11. The molecule has 0 fully saturated rings. The Balaban J connectivity index is 1.15. The smallest absolute Gasteiger partial charge is 0.0991 e. The molecule has 0 bridgehead atoms. The molecule has 0 aromatic heterocycles. The third-order valence-corrected chi connectivity index (χ3v) is 13.1. The van der Waals surface area contributed by atoms with Gasteiger partial charge >= 0.3 is 0 Å². The van der Waals surface area contributed by atoms with Gasteiger partial charge in [-0.15, -0.1) is 0 Å². The molecule has 0 aliphatic carbocycles. The minimum absolute atomic E-state index is 0.672. The fraction of sp³-hybridized carbons (Fsp3) is 0. The largest absolute Gasteiger partial charge is 0.192 e. The van der Waals surface area contributed by atoms with Crippen LogP contribution in [-0.4, -0.2) is 0 Å². The summed E-state index contributed by atoms with van der Waals surface area (Å²) >= 11 is 0. The highest BCUT2D eigenvalue weighted by Crippen LogP contribution is 2.55. The van der Waals surface area contributed by atoms with E-state index in [2.05, 4.69) is 182 Å². The zero-order valence-corrected chi connectivity index (χ0v) is 32.5. The SMILES string of the molecule is N#Cc1ccc(-c2ccc3cc(-c4ccc5c6c(-c7ccccc7)c7cc8c9ccccc9c9cccc(c7c(-c7ccccc7)c6c6cccc4c56)c98)ccc3c2)cc1. The summed E-state index contributed by atoms with van der Waals surface area (Å²) in [5, 5.41) is 30.0. The maximum atomic E-state index is 9.30. The molecule has 1 heteroatoms. The number of fused-ring (bicyclic) bond motifs is 9. The summed E-state index contributed by atoms with van der Waals surface area (Å²) in [7, 11) is 0. The summed E-state index contributed by atoms with van der Waals surface area (Å²) in [6, 6.07) is 75.8. The zero-order chi connectivity index (χ0) is 39.5. The Bertz CT molecular complexity index is 3910. The Kier molecular flexibility index (Phi) is 6.86. The molecule has 0 saturated heterocycles. The number of rotatable bonds is 4. The summed E-state index contributed by atoms with van der Waals surface area (Å²) in [5.41, 5.74) is 10.4. The molecule has 13 rings (SSSR count). The van der Waals surface area contributed by atoms with Gasteiger partial charge in [-0.1, -0.05) is 170 Å². The van der Waals surface area contributed by atoms with Gasteiger partial charge in [0, 0.05) is 0 Å². The average Bonchev–Trinajstić information content (AvgIpc) is 3.82. The molecule has 13 aromatic carbocycles. The number of hydrogen-bond acceptors (Lipinski definition) is 1. The summed E-state index contributed by atoms with van der Waals surface area (Å²) in [4.78, 5) is 0. The number of nitrogens with zero attached hydrogens (tertiary/aromatic N) is 1. The lowest BCUT2D eigenvalue weighted by Crippen LogP contribution is -1.91. The highest BCUT2D eigenvalue weighted by molar-refractivity contribution is 6.45. The highest BCUT2D eigenvalue weighted by atomic mass is 14.3. The third kappa shape index (κ3) is 4.56. The van der Waals surface area contributed by atoms with E-state index in [0.717, 1.165) is 11.1 Å². The van der Waals surface area contributed by atoms with Crippen molar-refractivity contribution in [2.45, 2.75) is 0 Å². The molecule has 0 spiro atoms. The predicted molar refractivity (Wildman–Crippen MR) is 255 cm³/mol. The Morgan fingerprint density at radius 1 is 0.267 bits per heavy atom. The second-order valence-corrected chi connectivity index (χ2v) is 16.2. The van der Waals surface area contributed by atoms with E-state index in [1.807, 2.05) is 24.3 Å². The van der Waals surface area contributed by atoms with Gasteiger partial charge in [0.1, 0.15) is 0 Å². The molecule has 1 nitrogen and oxygen atoms in total. The molecule has 60 heavy (non-hydrogen) atoms. The van der Waals surface area contributed by atoms with Crippen molar-refractivity contribution in [2.75, 3.05) is 0 Å². The van der Waals surface area contributed by atoms with Crippen LogP contribution in [0.4, 0.5) is 0 Å². The Labute approximate surface area is 346 Å². The van der Waals surface area contributed by atoms with Crippen LogP contribution in [0, 0.1) is 11.3 Å². The fourth-order valence-electron chi connectivity index (χ4n) is 10.6. The van der Waals surface area contributed by atoms with Crippen LogP contribution in [0.5, 0.6) is 0 Å². The zero-order valence-electron chi connectivity index (χ0n) is 32.5. The topological polar surface area (TPSA) is 23.8 Å². The second kappa shape index (κ2) is 12.5. The molecular formula is C59H33N. The number of nitriles is 1. The van der Waals surface area contributed by atoms with E-state index < -0.39 is 0 Å². The van der Waals surface area contributed by atoms with Crippen LogP contribution in [0.1, 0.15) is 5.56 Å². The van der Waals surface area contributed by atoms with Crippen LogP contribution < -0.4 is 0 Å². The van der Waals surface area contributed by atoms with Crippen molar-refractivity contribution in [2.24, 2.45) is 0 Å². The van der Waals surface area contributed by atoms with Gasteiger partial charge in [0.2, 0.25) is 0 Å². The molecular weight excluding hydrogens is 723 g/mol. The van der Waals surface area contributed by atoms with Gasteiger partial charge in [-0.3, -0.25) is 0 Å². The van der Waals surface area contributed by atoms with Crippen LogP contribution >= 0.6 is 0 Å². The van der Waals surface area contributed by atoms with E-state index in [0.29, 0.717) is 5.56 Å². The quantitative estimate of drug-likeness (QED) is 0.164. The minimum atomic E-state index is 0.672. The summed E-state index contributed by atoms with van der Waals surface area (Å²) in [6.45, 7) is 0. The molecule has 0 amide bonds. The lowest BCUT2D eigenvalue weighted by atomic mass is 9.84. The van der Waals surface area contributed by atoms with E-state index in [9.17, 15) is 5.26 Å². The van der Waals surface area contributed by atoms with Crippen molar-refractivity contribution < 1.29 is 0 Å². The maximum Gasteiger partial charge on any atom is 0.0991 e. The van der Waals surface area contributed by atoms with Crippen LogP contribution in [0.2, 0.25) is 0 Å². The maximum absolute atomic E-state index is 9.30. The molecule has 0 aliphatic rings. The van der Waals surface area contributed by atoms with Gasteiger partial charge < -0.3 is 0 Å². The monoisotopic (exact) mass is 755 g/mol. The summed E-state index contributed by atoms with van der Waals surface area (Å²) in [6.07, 6.45) is 0. The molecule has 0 heterocycles. The molecule has 13 aromatic rings. The van der Waals surface area contributed by atoms with Gasteiger partial charge in [-0.25, -0.2) is 0 Å². The second-order valence-electron chi connectivity index (χ2n) is 16.2. The summed E-state index contributed by atoms with van der Waals surface area (Å²) in [5.74, 6) is 0. The van der Waals surface area contributed by atoms with Crippen LogP contribution in [0.3, 0.4) is 0 Å². The van der Waals surface area contributed by atoms with Gasteiger partial charge in [0.25, 0.3) is 0 Å². The van der Waals surface area contributed by atoms with Crippen molar-refractivity contribution in [3.8, 4) is 50.6 Å². The summed E-state index contributed by atoms with van der Waals surface area (Å²) < 4.78 is 0. The molecule has 274 valence electrons. The van der Waals surface area contributed by atoms with E-state index >= 15 is 0 Å². The first-order valence-corrected chi connectivity index (χ1v) is 20.6. The van der Waals surface area contributed by atoms with E-state index in [-0.39, 0.29) is 0 Å². The van der Waals surface area contributed by atoms with Gasteiger partial charge in [-0.2, -0.15) is 5.26 Å².